The maximum atomic E-state index is 4.20. The summed E-state index contributed by atoms with van der Waals surface area (Å²) in [5.74, 6) is 0.835. The maximum absolute atomic E-state index is 4.20. The number of hydrogen-bond acceptors (Lipinski definition) is 3. The van der Waals surface area contributed by atoms with Crippen LogP contribution in [0.3, 0.4) is 0 Å². The van der Waals surface area contributed by atoms with Crippen LogP contribution in [0.4, 0.5) is 0 Å². The molecule has 0 aliphatic rings. The minimum Gasteiger partial charge on any atom is -0.309 e. The second kappa shape index (κ2) is 5.74. The summed E-state index contributed by atoms with van der Waals surface area (Å²) in [5, 5.41) is 3.42. The molecule has 0 radical (unpaired) electrons. The molecule has 0 bridgehead atoms. The molecule has 0 spiro atoms. The second-order valence-corrected chi connectivity index (χ2v) is 5.02. The van der Waals surface area contributed by atoms with Crippen molar-refractivity contribution in [1.82, 2.24) is 15.3 Å². The minimum absolute atomic E-state index is 0.107. The van der Waals surface area contributed by atoms with Crippen LogP contribution < -0.4 is 5.32 Å². The Morgan fingerprint density at radius 1 is 1.00 bits per heavy atom. The Hall–Kier alpha value is -1.74. The summed E-state index contributed by atoms with van der Waals surface area (Å²) in [6.07, 6.45) is 3.54. The average molecular weight is 241 g/mol. The lowest BCUT2D eigenvalue weighted by molar-refractivity contribution is 0.464. The summed E-state index contributed by atoms with van der Waals surface area (Å²) in [5.41, 5.74) is 1.45. The van der Waals surface area contributed by atoms with E-state index < -0.39 is 0 Å². The van der Waals surface area contributed by atoms with Crippen molar-refractivity contribution in [3.05, 3.63) is 60.2 Å². The van der Waals surface area contributed by atoms with Crippen LogP contribution in [0.15, 0.2) is 48.8 Å². The monoisotopic (exact) mass is 241 g/mol. The summed E-state index contributed by atoms with van der Waals surface area (Å²) >= 11 is 0. The van der Waals surface area contributed by atoms with E-state index in [1.54, 1.807) is 12.4 Å². The first-order valence-electron chi connectivity index (χ1n) is 6.21. The van der Waals surface area contributed by atoms with Gasteiger partial charge in [0.05, 0.1) is 6.54 Å². The van der Waals surface area contributed by atoms with Crippen LogP contribution in [-0.2, 0) is 12.0 Å². The van der Waals surface area contributed by atoms with Gasteiger partial charge in [-0.05, 0) is 11.6 Å². The van der Waals surface area contributed by atoms with Crippen LogP contribution in [-0.4, -0.2) is 16.5 Å². The van der Waals surface area contributed by atoms with E-state index in [0.29, 0.717) is 6.54 Å². The summed E-state index contributed by atoms with van der Waals surface area (Å²) < 4.78 is 0. The van der Waals surface area contributed by atoms with Crippen LogP contribution in [0.25, 0.3) is 0 Å². The van der Waals surface area contributed by atoms with E-state index in [0.717, 1.165) is 12.4 Å². The Morgan fingerprint density at radius 2 is 1.67 bits per heavy atom. The molecule has 1 aromatic carbocycles. The SMILES string of the molecule is CC(C)(CNCc1ncccn1)c1ccccc1. The van der Waals surface area contributed by atoms with E-state index >= 15 is 0 Å². The molecule has 0 amide bonds. The highest BCUT2D eigenvalue weighted by Gasteiger charge is 2.19. The highest BCUT2D eigenvalue weighted by molar-refractivity contribution is 5.23. The normalized spacial score (nSPS) is 11.4. The van der Waals surface area contributed by atoms with Gasteiger partial charge < -0.3 is 5.32 Å². The highest BCUT2D eigenvalue weighted by atomic mass is 15.0. The standard InChI is InChI=1S/C15H19N3/c1-15(2,13-7-4-3-5-8-13)12-16-11-14-17-9-6-10-18-14/h3-10,16H,11-12H2,1-2H3. The van der Waals surface area contributed by atoms with Gasteiger partial charge in [0.25, 0.3) is 0 Å². The van der Waals surface area contributed by atoms with Crippen LogP contribution >= 0.6 is 0 Å². The third kappa shape index (κ3) is 3.37. The van der Waals surface area contributed by atoms with Crippen LogP contribution in [0.1, 0.15) is 25.2 Å². The third-order valence-electron chi connectivity index (χ3n) is 3.02. The van der Waals surface area contributed by atoms with Crippen molar-refractivity contribution in [2.45, 2.75) is 25.8 Å². The van der Waals surface area contributed by atoms with E-state index in [1.165, 1.54) is 5.56 Å². The van der Waals surface area contributed by atoms with Crippen molar-refractivity contribution in [2.75, 3.05) is 6.54 Å². The lowest BCUT2D eigenvalue weighted by Crippen LogP contribution is -2.33. The number of nitrogens with zero attached hydrogens (tertiary/aromatic N) is 2. The molecule has 0 atom stereocenters. The smallest absolute Gasteiger partial charge is 0.141 e. The zero-order valence-corrected chi connectivity index (χ0v) is 10.9. The summed E-state index contributed by atoms with van der Waals surface area (Å²) in [4.78, 5) is 8.39. The first-order chi connectivity index (χ1) is 8.68. The molecule has 3 heteroatoms. The van der Waals surface area contributed by atoms with Crippen molar-refractivity contribution in [1.29, 1.82) is 0 Å². The van der Waals surface area contributed by atoms with Gasteiger partial charge in [-0.2, -0.15) is 0 Å². The molecule has 1 N–H and O–H groups in total. The van der Waals surface area contributed by atoms with Gasteiger partial charge in [0.2, 0.25) is 0 Å². The molecule has 0 saturated carbocycles. The van der Waals surface area contributed by atoms with Gasteiger partial charge in [0.1, 0.15) is 5.82 Å². The number of hydrogen-bond donors (Lipinski definition) is 1. The molecule has 3 nitrogen and oxygen atoms in total. The predicted octanol–water partition coefficient (Wildman–Crippen LogP) is 2.54. The number of benzene rings is 1. The Bertz CT molecular complexity index is 466. The summed E-state index contributed by atoms with van der Waals surface area (Å²) in [7, 11) is 0. The van der Waals surface area contributed by atoms with Crippen molar-refractivity contribution in [2.24, 2.45) is 0 Å². The highest BCUT2D eigenvalue weighted by Crippen LogP contribution is 2.21. The molecule has 1 heterocycles. The van der Waals surface area contributed by atoms with Crippen molar-refractivity contribution in [3.8, 4) is 0 Å². The van der Waals surface area contributed by atoms with Gasteiger partial charge >= 0.3 is 0 Å². The topological polar surface area (TPSA) is 37.8 Å². The lowest BCUT2D eigenvalue weighted by atomic mass is 9.85. The fourth-order valence-electron chi connectivity index (χ4n) is 1.90. The van der Waals surface area contributed by atoms with Crippen LogP contribution in [0, 0.1) is 0 Å². The summed E-state index contributed by atoms with van der Waals surface area (Å²) in [6.45, 7) is 6.08. The molecule has 1 aromatic heterocycles. The molecule has 0 unspecified atom stereocenters. The molecule has 94 valence electrons. The van der Waals surface area contributed by atoms with E-state index in [-0.39, 0.29) is 5.41 Å². The molecular formula is C15H19N3. The fraction of sp³-hybridized carbons (Fsp3) is 0.333. The van der Waals surface area contributed by atoms with E-state index in [2.05, 4.69) is 53.4 Å². The van der Waals surface area contributed by atoms with Gasteiger partial charge in [0.15, 0.2) is 0 Å². The largest absolute Gasteiger partial charge is 0.309 e. The van der Waals surface area contributed by atoms with Crippen LogP contribution in [0.2, 0.25) is 0 Å². The molecule has 0 saturated heterocycles. The molecule has 2 aromatic rings. The van der Waals surface area contributed by atoms with Gasteiger partial charge in [-0.3, -0.25) is 0 Å². The number of aromatic nitrogens is 2. The lowest BCUT2D eigenvalue weighted by Gasteiger charge is -2.25. The Kier molecular flexibility index (Phi) is 4.05. The Labute approximate surface area is 108 Å². The molecule has 18 heavy (non-hydrogen) atoms. The van der Waals surface area contributed by atoms with Crippen molar-refractivity contribution in [3.63, 3.8) is 0 Å². The zero-order valence-electron chi connectivity index (χ0n) is 10.9. The molecule has 0 fully saturated rings. The number of rotatable bonds is 5. The van der Waals surface area contributed by atoms with Gasteiger partial charge in [-0.25, -0.2) is 9.97 Å². The Balaban J connectivity index is 1.90. The van der Waals surface area contributed by atoms with Gasteiger partial charge in [0, 0.05) is 24.4 Å². The van der Waals surface area contributed by atoms with Gasteiger partial charge in [-0.1, -0.05) is 44.2 Å². The average Bonchev–Trinajstić information content (AvgIpc) is 2.41. The second-order valence-electron chi connectivity index (χ2n) is 5.02. The zero-order chi connectivity index (χ0) is 12.8. The first kappa shape index (κ1) is 12.7. The third-order valence-corrected chi connectivity index (χ3v) is 3.02. The maximum Gasteiger partial charge on any atom is 0.141 e. The number of nitrogens with one attached hydrogen (secondary N) is 1. The summed E-state index contributed by atoms with van der Waals surface area (Å²) in [6, 6.07) is 12.4. The quantitative estimate of drug-likeness (QED) is 0.874. The molecule has 2 rings (SSSR count). The molecule has 0 aliphatic heterocycles. The molecule has 0 aliphatic carbocycles. The van der Waals surface area contributed by atoms with E-state index in [4.69, 9.17) is 0 Å². The predicted molar refractivity (Wildman–Crippen MR) is 73.2 cm³/mol. The fourth-order valence-corrected chi connectivity index (χ4v) is 1.90. The van der Waals surface area contributed by atoms with Crippen molar-refractivity contribution < 1.29 is 0 Å². The van der Waals surface area contributed by atoms with E-state index in [9.17, 15) is 0 Å². The van der Waals surface area contributed by atoms with Gasteiger partial charge in [-0.15, -0.1) is 0 Å². The van der Waals surface area contributed by atoms with E-state index in [1.807, 2.05) is 12.1 Å². The minimum atomic E-state index is 0.107. The Morgan fingerprint density at radius 3 is 2.33 bits per heavy atom. The van der Waals surface area contributed by atoms with Crippen molar-refractivity contribution >= 4 is 0 Å². The van der Waals surface area contributed by atoms with Crippen LogP contribution in [0.5, 0.6) is 0 Å². The first-order valence-corrected chi connectivity index (χ1v) is 6.21. The molecular weight excluding hydrogens is 222 g/mol.